The van der Waals surface area contributed by atoms with Gasteiger partial charge in [0.05, 0.1) is 20.3 Å². The summed E-state index contributed by atoms with van der Waals surface area (Å²) >= 11 is 0. The van der Waals surface area contributed by atoms with E-state index in [-0.39, 0.29) is 6.03 Å². The van der Waals surface area contributed by atoms with Gasteiger partial charge in [0.15, 0.2) is 5.79 Å². The second kappa shape index (κ2) is 6.54. The lowest BCUT2D eigenvalue weighted by molar-refractivity contribution is -0.181. The van der Waals surface area contributed by atoms with Gasteiger partial charge in [-0.3, -0.25) is 0 Å². The average molecular weight is 306 g/mol. The zero-order valence-electron chi connectivity index (χ0n) is 12.8. The van der Waals surface area contributed by atoms with Gasteiger partial charge in [-0.2, -0.15) is 0 Å². The van der Waals surface area contributed by atoms with E-state index in [1.807, 2.05) is 29.2 Å². The number of nitrogens with zero attached hydrogens (tertiary/aromatic N) is 1. The molecule has 2 fully saturated rings. The highest BCUT2D eigenvalue weighted by molar-refractivity contribution is 5.74. The topological polar surface area (TPSA) is 60.0 Å². The number of amides is 2. The number of piperidine rings is 1. The molecule has 1 aromatic rings. The molecule has 2 aliphatic heterocycles. The number of methoxy groups -OCH3 is 1. The van der Waals surface area contributed by atoms with E-state index in [2.05, 4.69) is 5.32 Å². The van der Waals surface area contributed by atoms with Crippen LogP contribution in [0.2, 0.25) is 0 Å². The molecule has 2 heterocycles. The summed E-state index contributed by atoms with van der Waals surface area (Å²) in [7, 11) is 1.64. The Bertz CT molecular complexity index is 501. The molecule has 0 saturated carbocycles. The summed E-state index contributed by atoms with van der Waals surface area (Å²) in [4.78, 5) is 14.0. The quantitative estimate of drug-likeness (QED) is 0.924. The Morgan fingerprint density at radius 2 is 1.86 bits per heavy atom. The first kappa shape index (κ1) is 15.1. The number of hydrogen-bond donors (Lipinski definition) is 1. The molecule has 0 aliphatic carbocycles. The number of urea groups is 1. The number of ether oxygens (including phenoxy) is 3. The largest absolute Gasteiger partial charge is 0.497 e. The maximum atomic E-state index is 12.2. The fourth-order valence-electron chi connectivity index (χ4n) is 2.87. The second-order valence-electron chi connectivity index (χ2n) is 5.60. The van der Waals surface area contributed by atoms with Crippen molar-refractivity contribution < 1.29 is 19.0 Å². The summed E-state index contributed by atoms with van der Waals surface area (Å²) in [5.41, 5.74) is 1.05. The minimum atomic E-state index is -0.438. The minimum Gasteiger partial charge on any atom is -0.497 e. The Labute approximate surface area is 130 Å². The summed E-state index contributed by atoms with van der Waals surface area (Å²) < 4.78 is 16.5. The van der Waals surface area contributed by atoms with Gasteiger partial charge < -0.3 is 24.4 Å². The predicted octanol–water partition coefficient (Wildman–Crippen LogP) is 1.74. The van der Waals surface area contributed by atoms with Crippen LogP contribution in [0.15, 0.2) is 24.3 Å². The number of likely N-dealkylation sites (tertiary alicyclic amines) is 1. The summed E-state index contributed by atoms with van der Waals surface area (Å²) in [6.45, 7) is 3.15. The van der Waals surface area contributed by atoms with Crippen LogP contribution in [-0.4, -0.2) is 50.1 Å². The highest BCUT2D eigenvalue weighted by Crippen LogP contribution is 2.31. The van der Waals surface area contributed by atoms with Crippen molar-refractivity contribution in [3.8, 4) is 5.75 Å². The molecule has 0 aromatic heterocycles. The molecule has 1 spiro atoms. The van der Waals surface area contributed by atoms with Gasteiger partial charge in [0.25, 0.3) is 0 Å². The maximum absolute atomic E-state index is 12.2. The summed E-state index contributed by atoms with van der Waals surface area (Å²) in [5.74, 6) is 0.375. The molecule has 0 radical (unpaired) electrons. The molecule has 1 N–H and O–H groups in total. The van der Waals surface area contributed by atoms with E-state index < -0.39 is 5.79 Å². The van der Waals surface area contributed by atoms with Crippen LogP contribution < -0.4 is 10.1 Å². The van der Waals surface area contributed by atoms with Crippen LogP contribution in [0, 0.1) is 0 Å². The van der Waals surface area contributed by atoms with E-state index in [0.717, 1.165) is 24.2 Å². The fraction of sp³-hybridized carbons (Fsp3) is 0.562. The molecule has 22 heavy (non-hydrogen) atoms. The van der Waals surface area contributed by atoms with Crippen molar-refractivity contribution in [3.63, 3.8) is 0 Å². The lowest BCUT2D eigenvalue weighted by Crippen LogP contribution is -2.50. The monoisotopic (exact) mass is 306 g/mol. The molecule has 120 valence electrons. The van der Waals surface area contributed by atoms with Crippen molar-refractivity contribution in [1.29, 1.82) is 0 Å². The molecule has 2 aliphatic rings. The van der Waals surface area contributed by atoms with Gasteiger partial charge in [0.1, 0.15) is 5.75 Å². The molecule has 0 unspecified atom stereocenters. The number of rotatable bonds is 3. The molecule has 0 atom stereocenters. The fourth-order valence-corrected chi connectivity index (χ4v) is 2.87. The third kappa shape index (κ3) is 3.34. The predicted molar refractivity (Wildman–Crippen MR) is 80.7 cm³/mol. The first-order valence-electron chi connectivity index (χ1n) is 7.64. The Kier molecular flexibility index (Phi) is 4.49. The van der Waals surface area contributed by atoms with Crippen molar-refractivity contribution in [2.24, 2.45) is 0 Å². The van der Waals surface area contributed by atoms with Gasteiger partial charge >= 0.3 is 6.03 Å². The van der Waals surface area contributed by atoms with Gasteiger partial charge in [0, 0.05) is 32.5 Å². The van der Waals surface area contributed by atoms with Crippen molar-refractivity contribution in [3.05, 3.63) is 29.8 Å². The third-order valence-corrected chi connectivity index (χ3v) is 4.23. The molecule has 2 saturated heterocycles. The summed E-state index contributed by atoms with van der Waals surface area (Å²) in [5, 5.41) is 2.95. The number of hydrogen-bond acceptors (Lipinski definition) is 4. The number of carbonyl (C=O) groups excluding carboxylic acids is 1. The highest BCUT2D eigenvalue weighted by atomic mass is 16.7. The average Bonchev–Trinajstić information content (AvgIpc) is 3.02. The van der Waals surface area contributed by atoms with E-state index in [1.54, 1.807) is 7.11 Å². The molecular weight excluding hydrogens is 284 g/mol. The SMILES string of the molecule is COc1ccc(CNC(=O)N2CCC3(CC2)OCCO3)cc1. The summed E-state index contributed by atoms with van der Waals surface area (Å²) in [6.07, 6.45) is 1.48. The molecule has 1 aromatic carbocycles. The van der Waals surface area contributed by atoms with Crippen molar-refractivity contribution in [1.82, 2.24) is 10.2 Å². The van der Waals surface area contributed by atoms with Crippen LogP contribution in [0.3, 0.4) is 0 Å². The van der Waals surface area contributed by atoms with Crippen LogP contribution >= 0.6 is 0 Å². The molecule has 3 rings (SSSR count). The van der Waals surface area contributed by atoms with Gasteiger partial charge in [-0.25, -0.2) is 4.79 Å². The zero-order chi connectivity index (χ0) is 15.4. The van der Waals surface area contributed by atoms with E-state index in [1.165, 1.54) is 0 Å². The lowest BCUT2D eigenvalue weighted by atomic mass is 10.0. The van der Waals surface area contributed by atoms with Crippen LogP contribution in [0.1, 0.15) is 18.4 Å². The standard InChI is InChI=1S/C16H22N2O4/c1-20-14-4-2-13(3-5-14)12-17-15(19)18-8-6-16(7-9-18)21-10-11-22-16/h2-5H,6-12H2,1H3,(H,17,19). The van der Waals surface area contributed by atoms with Crippen LogP contribution in [0.25, 0.3) is 0 Å². The lowest BCUT2D eigenvalue weighted by Gasteiger charge is -2.37. The van der Waals surface area contributed by atoms with Gasteiger partial charge in [-0.05, 0) is 17.7 Å². The molecule has 6 heteroatoms. The molecule has 0 bridgehead atoms. The Balaban J connectivity index is 1.46. The molecule has 6 nitrogen and oxygen atoms in total. The van der Waals surface area contributed by atoms with Crippen molar-refractivity contribution in [2.45, 2.75) is 25.2 Å². The zero-order valence-corrected chi connectivity index (χ0v) is 12.8. The Hall–Kier alpha value is -1.79. The minimum absolute atomic E-state index is 0.0383. The first-order chi connectivity index (χ1) is 10.7. The van der Waals surface area contributed by atoms with E-state index >= 15 is 0 Å². The number of carbonyl (C=O) groups is 1. The summed E-state index contributed by atoms with van der Waals surface area (Å²) in [6, 6.07) is 7.64. The van der Waals surface area contributed by atoms with Crippen LogP contribution in [0.4, 0.5) is 4.79 Å². The molecule has 2 amide bonds. The van der Waals surface area contributed by atoms with Crippen LogP contribution in [-0.2, 0) is 16.0 Å². The van der Waals surface area contributed by atoms with E-state index in [0.29, 0.717) is 32.8 Å². The van der Waals surface area contributed by atoms with Crippen molar-refractivity contribution in [2.75, 3.05) is 33.4 Å². The van der Waals surface area contributed by atoms with E-state index in [9.17, 15) is 4.79 Å². The normalized spacial score (nSPS) is 20.1. The van der Waals surface area contributed by atoms with E-state index in [4.69, 9.17) is 14.2 Å². The second-order valence-corrected chi connectivity index (χ2v) is 5.60. The van der Waals surface area contributed by atoms with Gasteiger partial charge in [0.2, 0.25) is 0 Å². The van der Waals surface area contributed by atoms with Crippen molar-refractivity contribution >= 4 is 6.03 Å². The number of nitrogens with one attached hydrogen (secondary N) is 1. The highest BCUT2D eigenvalue weighted by Gasteiger charge is 2.40. The first-order valence-corrected chi connectivity index (χ1v) is 7.64. The van der Waals surface area contributed by atoms with Gasteiger partial charge in [-0.1, -0.05) is 12.1 Å². The Morgan fingerprint density at radius 3 is 2.45 bits per heavy atom. The smallest absolute Gasteiger partial charge is 0.317 e. The number of benzene rings is 1. The maximum Gasteiger partial charge on any atom is 0.317 e. The molecular formula is C16H22N2O4. The Morgan fingerprint density at radius 1 is 1.23 bits per heavy atom. The van der Waals surface area contributed by atoms with Crippen LogP contribution in [0.5, 0.6) is 5.75 Å². The van der Waals surface area contributed by atoms with Gasteiger partial charge in [-0.15, -0.1) is 0 Å². The third-order valence-electron chi connectivity index (χ3n) is 4.23.